The zero-order chi connectivity index (χ0) is 17.4. The zero-order valence-corrected chi connectivity index (χ0v) is 14.7. The summed E-state index contributed by atoms with van der Waals surface area (Å²) in [5.41, 5.74) is 2.50. The second kappa shape index (κ2) is 6.22. The van der Waals surface area contributed by atoms with Gasteiger partial charge in [0, 0.05) is 0 Å². The Bertz CT molecular complexity index is 1180. The summed E-state index contributed by atoms with van der Waals surface area (Å²) in [6.45, 7) is 2.47. The Morgan fingerprint density at radius 1 is 1.20 bits per heavy atom. The summed E-state index contributed by atoms with van der Waals surface area (Å²) in [7, 11) is 1.61. The fourth-order valence-electron chi connectivity index (χ4n) is 2.81. The molecular weight excluding hydrogens is 336 g/mol. The monoisotopic (exact) mass is 352 g/mol. The number of para-hydroxylation sites is 2. The van der Waals surface area contributed by atoms with Crippen molar-refractivity contribution in [1.82, 2.24) is 9.38 Å². The van der Waals surface area contributed by atoms with E-state index in [2.05, 4.69) is 4.98 Å². The lowest BCUT2D eigenvalue weighted by molar-refractivity contribution is 0.311. The van der Waals surface area contributed by atoms with Crippen molar-refractivity contribution in [2.24, 2.45) is 0 Å². The second-order valence-corrected chi connectivity index (χ2v) is 6.49. The Morgan fingerprint density at radius 3 is 2.84 bits per heavy atom. The number of methoxy groups -OCH3 is 1. The van der Waals surface area contributed by atoms with Gasteiger partial charge in [-0.25, -0.2) is 9.38 Å². The van der Waals surface area contributed by atoms with Crippen molar-refractivity contribution in [1.29, 1.82) is 0 Å². The normalized spacial score (nSPS) is 12.2. The number of thiazole rings is 1. The molecule has 0 atom stereocenters. The van der Waals surface area contributed by atoms with Crippen molar-refractivity contribution < 1.29 is 9.47 Å². The highest BCUT2D eigenvalue weighted by atomic mass is 32.1. The molecular formula is C19H16N2O3S. The van der Waals surface area contributed by atoms with Crippen LogP contribution in [-0.2, 0) is 0 Å². The number of hydrogen-bond acceptors (Lipinski definition) is 5. The van der Waals surface area contributed by atoms with Gasteiger partial charge in [0.1, 0.15) is 0 Å². The molecule has 0 aliphatic heterocycles. The lowest BCUT2D eigenvalue weighted by Gasteiger charge is -2.09. The van der Waals surface area contributed by atoms with Gasteiger partial charge in [0.15, 0.2) is 16.5 Å². The largest absolute Gasteiger partial charge is 0.493 e. The van der Waals surface area contributed by atoms with Crippen molar-refractivity contribution >= 4 is 33.4 Å². The molecule has 2 heterocycles. The highest BCUT2D eigenvalue weighted by Crippen LogP contribution is 2.28. The van der Waals surface area contributed by atoms with Crippen LogP contribution in [0, 0.1) is 0 Å². The molecule has 0 amide bonds. The summed E-state index contributed by atoms with van der Waals surface area (Å²) in [5, 5.41) is 0. The first-order chi connectivity index (χ1) is 12.2. The molecule has 0 bridgehead atoms. The molecule has 0 fully saturated rings. The third-order valence-electron chi connectivity index (χ3n) is 3.93. The zero-order valence-electron chi connectivity index (χ0n) is 13.9. The first kappa shape index (κ1) is 15.7. The van der Waals surface area contributed by atoms with E-state index in [1.807, 2.05) is 55.5 Å². The molecule has 0 radical (unpaired) electrons. The van der Waals surface area contributed by atoms with E-state index in [0.717, 1.165) is 16.6 Å². The fraction of sp³-hybridized carbons (Fsp3) is 0.158. The predicted octanol–water partition coefficient (Wildman–Crippen LogP) is 2.86. The topological polar surface area (TPSA) is 52.8 Å². The first-order valence-corrected chi connectivity index (χ1v) is 8.75. The van der Waals surface area contributed by atoms with Crippen LogP contribution < -0.4 is 19.6 Å². The Kier molecular flexibility index (Phi) is 3.89. The summed E-state index contributed by atoms with van der Waals surface area (Å²) in [4.78, 5) is 18.0. The average Bonchev–Trinajstić information content (AvgIpc) is 3.12. The van der Waals surface area contributed by atoms with Crippen LogP contribution in [0.3, 0.4) is 0 Å². The van der Waals surface area contributed by atoms with Gasteiger partial charge in [0.25, 0.3) is 5.56 Å². The summed E-state index contributed by atoms with van der Waals surface area (Å²) in [5.74, 6) is 1.34. The van der Waals surface area contributed by atoms with Crippen LogP contribution in [0.2, 0.25) is 0 Å². The fourth-order valence-corrected chi connectivity index (χ4v) is 3.80. The number of nitrogens with zero attached hydrogens (tertiary/aromatic N) is 2. The number of benzene rings is 2. The molecule has 0 spiro atoms. The van der Waals surface area contributed by atoms with Crippen LogP contribution in [0.25, 0.3) is 22.1 Å². The molecule has 0 saturated heterocycles. The minimum absolute atomic E-state index is 0.0533. The minimum atomic E-state index is -0.0533. The van der Waals surface area contributed by atoms with E-state index in [9.17, 15) is 4.79 Å². The molecule has 0 aliphatic rings. The van der Waals surface area contributed by atoms with Crippen molar-refractivity contribution in [3.05, 3.63) is 62.9 Å². The Balaban J connectivity index is 1.88. The molecule has 2 aromatic carbocycles. The van der Waals surface area contributed by atoms with Gasteiger partial charge in [0.05, 0.1) is 29.3 Å². The average molecular weight is 352 g/mol. The van der Waals surface area contributed by atoms with Gasteiger partial charge in [-0.2, -0.15) is 0 Å². The molecule has 5 nitrogen and oxygen atoms in total. The van der Waals surface area contributed by atoms with Crippen LogP contribution in [0.15, 0.2) is 47.3 Å². The van der Waals surface area contributed by atoms with Gasteiger partial charge in [0.2, 0.25) is 0 Å². The molecule has 0 saturated carbocycles. The van der Waals surface area contributed by atoms with E-state index in [1.54, 1.807) is 11.5 Å². The number of imidazole rings is 1. The maximum atomic E-state index is 12.8. The highest BCUT2D eigenvalue weighted by Gasteiger charge is 2.11. The SMILES string of the molecule is CCOc1cc(C=c2sc3nc4ccccc4n3c2=O)ccc1OC. The molecule has 6 heteroatoms. The highest BCUT2D eigenvalue weighted by molar-refractivity contribution is 7.15. The van der Waals surface area contributed by atoms with Gasteiger partial charge < -0.3 is 9.47 Å². The third-order valence-corrected chi connectivity index (χ3v) is 4.90. The molecule has 4 rings (SSSR count). The molecule has 25 heavy (non-hydrogen) atoms. The van der Waals surface area contributed by atoms with Crippen molar-refractivity contribution in [3.8, 4) is 11.5 Å². The number of fused-ring (bicyclic) bond motifs is 3. The number of ether oxygens (including phenoxy) is 2. The first-order valence-electron chi connectivity index (χ1n) is 7.94. The van der Waals surface area contributed by atoms with E-state index in [4.69, 9.17) is 9.47 Å². The molecule has 2 aromatic heterocycles. The van der Waals surface area contributed by atoms with Crippen LogP contribution in [0.4, 0.5) is 0 Å². The molecule has 126 valence electrons. The third kappa shape index (κ3) is 2.64. The summed E-state index contributed by atoms with van der Waals surface area (Å²) in [6, 6.07) is 13.3. The summed E-state index contributed by atoms with van der Waals surface area (Å²) >= 11 is 1.39. The molecule has 0 N–H and O–H groups in total. The van der Waals surface area contributed by atoms with E-state index in [0.29, 0.717) is 27.6 Å². The Hall–Kier alpha value is -2.86. The smallest absolute Gasteiger partial charge is 0.274 e. The predicted molar refractivity (Wildman–Crippen MR) is 99.8 cm³/mol. The van der Waals surface area contributed by atoms with Crippen LogP contribution >= 0.6 is 11.3 Å². The van der Waals surface area contributed by atoms with Gasteiger partial charge >= 0.3 is 0 Å². The standard InChI is InChI=1S/C19H16N2O3S/c1-3-24-16-10-12(8-9-15(16)23-2)11-17-18(22)21-14-7-5-4-6-13(14)20-19(21)25-17/h4-11H,3H2,1-2H3. The quantitative estimate of drug-likeness (QED) is 0.567. The van der Waals surface area contributed by atoms with Crippen molar-refractivity contribution in [2.75, 3.05) is 13.7 Å². The molecule has 0 aliphatic carbocycles. The van der Waals surface area contributed by atoms with E-state index >= 15 is 0 Å². The maximum absolute atomic E-state index is 12.8. The summed E-state index contributed by atoms with van der Waals surface area (Å²) < 4.78 is 13.2. The number of rotatable bonds is 4. The van der Waals surface area contributed by atoms with E-state index < -0.39 is 0 Å². The lowest BCUT2D eigenvalue weighted by atomic mass is 10.2. The van der Waals surface area contributed by atoms with Crippen LogP contribution in [-0.4, -0.2) is 23.1 Å². The lowest BCUT2D eigenvalue weighted by Crippen LogP contribution is -2.22. The minimum Gasteiger partial charge on any atom is -0.493 e. The van der Waals surface area contributed by atoms with Crippen LogP contribution in [0.5, 0.6) is 11.5 Å². The van der Waals surface area contributed by atoms with Gasteiger partial charge in [-0.05, 0) is 42.8 Å². The Labute approximate surface area is 147 Å². The molecule has 0 unspecified atom stereocenters. The van der Waals surface area contributed by atoms with E-state index in [1.165, 1.54) is 11.3 Å². The van der Waals surface area contributed by atoms with Crippen LogP contribution in [0.1, 0.15) is 12.5 Å². The number of hydrogen-bond donors (Lipinski definition) is 0. The van der Waals surface area contributed by atoms with Gasteiger partial charge in [-0.15, -0.1) is 0 Å². The van der Waals surface area contributed by atoms with E-state index in [-0.39, 0.29) is 5.56 Å². The van der Waals surface area contributed by atoms with Gasteiger partial charge in [-0.1, -0.05) is 29.5 Å². The summed E-state index contributed by atoms with van der Waals surface area (Å²) in [6.07, 6.45) is 1.86. The van der Waals surface area contributed by atoms with Gasteiger partial charge in [-0.3, -0.25) is 4.79 Å². The maximum Gasteiger partial charge on any atom is 0.274 e. The number of aromatic nitrogens is 2. The second-order valence-electron chi connectivity index (χ2n) is 5.48. The van der Waals surface area contributed by atoms with Crippen molar-refractivity contribution in [3.63, 3.8) is 0 Å². The molecule has 4 aromatic rings. The van der Waals surface area contributed by atoms with Crippen molar-refractivity contribution in [2.45, 2.75) is 6.92 Å². The Morgan fingerprint density at radius 2 is 2.04 bits per heavy atom.